The molecule has 86 valence electrons. The Hall–Kier alpha value is -1.51. The third-order valence-corrected chi connectivity index (χ3v) is 2.04. The first kappa shape index (κ1) is 12.6. The molecule has 0 aliphatic heterocycles. The Labute approximate surface area is 91.5 Å². The maximum atomic E-state index is 12.3. The van der Waals surface area contributed by atoms with Crippen LogP contribution < -0.4 is 0 Å². The van der Waals surface area contributed by atoms with Gasteiger partial charge in [-0.15, -0.1) is 5.73 Å². The smallest absolute Gasteiger partial charge is 0.391 e. The van der Waals surface area contributed by atoms with Gasteiger partial charge in [0.2, 0.25) is 0 Å². The van der Waals surface area contributed by atoms with Crippen LogP contribution in [0.25, 0.3) is 5.57 Å². The molecule has 1 aromatic carbocycles. The van der Waals surface area contributed by atoms with E-state index in [4.69, 9.17) is 5.11 Å². The normalized spacial score (nSPS) is 10.8. The Kier molecular flexibility index (Phi) is 3.93. The number of aliphatic hydroxyl groups is 1. The molecule has 0 saturated carbocycles. The first-order valence-electron chi connectivity index (χ1n) is 4.65. The Morgan fingerprint density at radius 3 is 2.25 bits per heavy atom. The first-order chi connectivity index (χ1) is 7.45. The van der Waals surface area contributed by atoms with Crippen molar-refractivity contribution in [2.75, 3.05) is 6.61 Å². The van der Waals surface area contributed by atoms with Crippen LogP contribution in [0.3, 0.4) is 0 Å². The predicted molar refractivity (Wildman–Crippen MR) is 55.7 cm³/mol. The number of benzene rings is 1. The van der Waals surface area contributed by atoms with E-state index in [-0.39, 0.29) is 5.57 Å². The van der Waals surface area contributed by atoms with Gasteiger partial charge in [0.15, 0.2) is 0 Å². The summed E-state index contributed by atoms with van der Waals surface area (Å²) in [5, 5.41) is 9.01. The van der Waals surface area contributed by atoms with Crippen molar-refractivity contribution in [1.29, 1.82) is 0 Å². The van der Waals surface area contributed by atoms with Gasteiger partial charge in [0.25, 0.3) is 0 Å². The van der Waals surface area contributed by atoms with E-state index >= 15 is 0 Å². The van der Waals surface area contributed by atoms with Gasteiger partial charge in [0.05, 0.1) is 12.2 Å². The maximum Gasteiger partial charge on any atom is 0.419 e. The summed E-state index contributed by atoms with van der Waals surface area (Å²) in [6, 6.07) is 8.38. The number of aliphatic hydroxyl groups excluding tert-OH is 1. The van der Waals surface area contributed by atoms with Crippen LogP contribution in [0.1, 0.15) is 12.5 Å². The number of hydrogen-bond acceptors (Lipinski definition) is 1. The first-order valence-corrected chi connectivity index (χ1v) is 4.65. The minimum Gasteiger partial charge on any atom is -0.391 e. The molecular weight excluding hydrogens is 217 g/mol. The lowest BCUT2D eigenvalue weighted by molar-refractivity contribution is -0.0910. The monoisotopic (exact) mass is 228 g/mol. The predicted octanol–water partition coefficient (Wildman–Crippen LogP) is 3.17. The summed E-state index contributed by atoms with van der Waals surface area (Å²) in [6.45, 7) is 0.454. The molecule has 0 bridgehead atoms. The molecule has 1 N–H and O–H groups in total. The van der Waals surface area contributed by atoms with Crippen LogP contribution >= 0.6 is 0 Å². The molecule has 0 unspecified atom stereocenters. The Balaban J connectivity index is 3.23. The molecular formula is C12H11F3O. The lowest BCUT2D eigenvalue weighted by Crippen LogP contribution is -2.08. The molecule has 0 aliphatic rings. The molecule has 4 heteroatoms. The summed E-state index contributed by atoms with van der Waals surface area (Å²) in [6.07, 6.45) is -4.41. The van der Waals surface area contributed by atoms with Crippen LogP contribution in [-0.2, 0) is 0 Å². The quantitative estimate of drug-likeness (QED) is 0.771. The topological polar surface area (TPSA) is 20.2 Å². The Morgan fingerprint density at radius 2 is 1.81 bits per heavy atom. The molecule has 1 rings (SSSR count). The van der Waals surface area contributed by atoms with Gasteiger partial charge < -0.3 is 5.11 Å². The fourth-order valence-corrected chi connectivity index (χ4v) is 1.14. The zero-order valence-electron chi connectivity index (χ0n) is 8.67. The van der Waals surface area contributed by atoms with Crippen molar-refractivity contribution < 1.29 is 18.3 Å². The lowest BCUT2D eigenvalue weighted by Gasteiger charge is -2.05. The van der Waals surface area contributed by atoms with Crippen LogP contribution in [-0.4, -0.2) is 17.9 Å². The molecule has 0 fully saturated rings. The molecule has 0 aromatic heterocycles. The zero-order chi connectivity index (χ0) is 12.2. The summed E-state index contributed by atoms with van der Waals surface area (Å²) in [5.74, 6) is 0. The second-order valence-corrected chi connectivity index (χ2v) is 3.25. The number of rotatable bonds is 2. The summed E-state index contributed by atoms with van der Waals surface area (Å²) in [4.78, 5) is 0. The highest BCUT2D eigenvalue weighted by Crippen LogP contribution is 2.25. The van der Waals surface area contributed by atoms with Crippen molar-refractivity contribution in [1.82, 2.24) is 0 Å². The van der Waals surface area contributed by atoms with Crippen molar-refractivity contribution >= 4 is 5.57 Å². The lowest BCUT2D eigenvalue weighted by atomic mass is 10.1. The van der Waals surface area contributed by atoms with E-state index in [1.165, 1.54) is 0 Å². The van der Waals surface area contributed by atoms with Gasteiger partial charge in [0.1, 0.15) is 0 Å². The molecule has 0 radical (unpaired) electrons. The van der Waals surface area contributed by atoms with Gasteiger partial charge in [-0.1, -0.05) is 30.3 Å². The molecule has 1 aromatic rings. The van der Waals surface area contributed by atoms with Crippen molar-refractivity contribution in [3.63, 3.8) is 0 Å². The van der Waals surface area contributed by atoms with E-state index in [1.807, 2.05) is 0 Å². The molecule has 0 amide bonds. The number of alkyl halides is 3. The summed E-state index contributed by atoms with van der Waals surface area (Å²) in [5.41, 5.74) is 2.00. The SMILES string of the molecule is CC(=C=C(CO)c1ccccc1)C(F)(F)F. The highest BCUT2D eigenvalue weighted by Gasteiger charge is 2.30. The largest absolute Gasteiger partial charge is 0.419 e. The Bertz CT molecular complexity index is 412. The fraction of sp³-hybridized carbons (Fsp3) is 0.250. The van der Waals surface area contributed by atoms with E-state index in [0.717, 1.165) is 6.92 Å². The second-order valence-electron chi connectivity index (χ2n) is 3.25. The van der Waals surface area contributed by atoms with E-state index in [1.54, 1.807) is 30.3 Å². The molecule has 0 heterocycles. The van der Waals surface area contributed by atoms with Gasteiger partial charge in [-0.3, -0.25) is 0 Å². The molecule has 16 heavy (non-hydrogen) atoms. The van der Waals surface area contributed by atoms with E-state index in [9.17, 15) is 13.2 Å². The summed E-state index contributed by atoms with van der Waals surface area (Å²) >= 11 is 0. The molecule has 0 saturated heterocycles. The summed E-state index contributed by atoms with van der Waals surface area (Å²) < 4.78 is 36.8. The average Bonchev–Trinajstić information content (AvgIpc) is 2.25. The molecule has 1 nitrogen and oxygen atoms in total. The minimum absolute atomic E-state index is 0.135. The molecule has 0 aliphatic carbocycles. The van der Waals surface area contributed by atoms with E-state index < -0.39 is 18.4 Å². The molecule has 0 spiro atoms. The van der Waals surface area contributed by atoms with Crippen molar-refractivity contribution in [2.24, 2.45) is 0 Å². The third-order valence-electron chi connectivity index (χ3n) is 2.04. The van der Waals surface area contributed by atoms with Crippen molar-refractivity contribution in [3.05, 3.63) is 47.2 Å². The van der Waals surface area contributed by atoms with Crippen LogP contribution in [0.2, 0.25) is 0 Å². The van der Waals surface area contributed by atoms with Gasteiger partial charge in [-0.25, -0.2) is 0 Å². The van der Waals surface area contributed by atoms with Crippen LogP contribution in [0, 0.1) is 0 Å². The van der Waals surface area contributed by atoms with Crippen molar-refractivity contribution in [3.8, 4) is 0 Å². The molecule has 0 atom stereocenters. The van der Waals surface area contributed by atoms with Crippen LogP contribution in [0.4, 0.5) is 13.2 Å². The van der Waals surface area contributed by atoms with Gasteiger partial charge >= 0.3 is 6.18 Å². The average molecular weight is 228 g/mol. The second kappa shape index (κ2) is 5.01. The highest BCUT2D eigenvalue weighted by molar-refractivity contribution is 5.66. The van der Waals surface area contributed by atoms with Gasteiger partial charge in [-0.2, -0.15) is 13.2 Å². The van der Waals surface area contributed by atoms with Crippen molar-refractivity contribution in [2.45, 2.75) is 13.1 Å². The fourth-order valence-electron chi connectivity index (χ4n) is 1.14. The highest BCUT2D eigenvalue weighted by atomic mass is 19.4. The van der Waals surface area contributed by atoms with E-state index in [2.05, 4.69) is 5.73 Å². The number of hydrogen-bond donors (Lipinski definition) is 1. The zero-order valence-corrected chi connectivity index (χ0v) is 8.67. The van der Waals surface area contributed by atoms with Gasteiger partial charge in [0, 0.05) is 5.57 Å². The third kappa shape index (κ3) is 3.26. The van der Waals surface area contributed by atoms with Crippen LogP contribution in [0.15, 0.2) is 41.6 Å². The van der Waals surface area contributed by atoms with Crippen LogP contribution in [0.5, 0.6) is 0 Å². The Morgan fingerprint density at radius 1 is 1.25 bits per heavy atom. The number of halogens is 3. The van der Waals surface area contributed by atoms with E-state index in [0.29, 0.717) is 5.56 Å². The van der Waals surface area contributed by atoms with Gasteiger partial charge in [-0.05, 0) is 12.5 Å². The standard InChI is InChI=1S/C12H11F3O/c1-9(12(13,14)15)7-11(8-16)10-5-3-2-4-6-10/h2-6,16H,8H2,1H3. The minimum atomic E-state index is -4.41. The maximum absolute atomic E-state index is 12.3. The summed E-state index contributed by atoms with van der Waals surface area (Å²) in [7, 11) is 0.